The molecule has 0 spiro atoms. The van der Waals surface area contributed by atoms with Crippen LogP contribution in [0, 0.1) is 116 Å². The van der Waals surface area contributed by atoms with E-state index in [0.717, 1.165) is 138 Å². The van der Waals surface area contributed by atoms with Crippen molar-refractivity contribution < 1.29 is 50.3 Å². The van der Waals surface area contributed by atoms with Crippen molar-refractivity contribution in [2.45, 2.75) is 144 Å². The van der Waals surface area contributed by atoms with Crippen LogP contribution in [0.1, 0.15) is 181 Å². The minimum atomic E-state index is -0.596. The summed E-state index contributed by atoms with van der Waals surface area (Å²) < 4.78 is 89.7. The van der Waals surface area contributed by atoms with Crippen LogP contribution in [-0.4, -0.2) is 0 Å². The molecule has 0 bridgehead atoms. The molecule has 3 atom stereocenters. The lowest BCUT2D eigenvalue weighted by molar-refractivity contribution is -0.0000217. The Bertz CT molecular complexity index is 4030. The molecule has 480 valence electrons. The fourth-order valence-corrected chi connectivity index (χ4v) is 12.7. The Morgan fingerprint density at radius 1 is 0.398 bits per heavy atom. The highest BCUT2D eigenvalue weighted by molar-refractivity contribution is 14.1. The average molecular weight is 1600 g/mol. The Balaban J connectivity index is 0.000000200. The van der Waals surface area contributed by atoms with Gasteiger partial charge in [-0.2, -0.15) is 0 Å². The van der Waals surface area contributed by atoms with Crippen LogP contribution in [0.3, 0.4) is 0 Å². The normalized spacial score (nSPS) is 14.5. The Morgan fingerprint density at radius 3 is 1.00 bits per heavy atom. The Morgan fingerprint density at radius 2 is 0.688 bits per heavy atom. The summed E-state index contributed by atoms with van der Waals surface area (Å²) >= 11 is 8.97. The molecule has 0 amide bonds. The highest BCUT2D eigenvalue weighted by atomic mass is 127. The summed E-state index contributed by atoms with van der Waals surface area (Å²) in [5.41, 5.74) is 10.8. The molecule has 8 aromatic carbocycles. The van der Waals surface area contributed by atoms with Gasteiger partial charge >= 0.3 is 0 Å². The molecule has 0 N–H and O–H groups in total. The minimum Gasteiger partial charge on any atom is -1.00 e. The van der Waals surface area contributed by atoms with E-state index >= 15 is 4.39 Å². The Kier molecular flexibility index (Phi) is 31.5. The quantitative estimate of drug-likeness (QED) is 0.0808. The number of rotatable bonds is 8. The van der Waals surface area contributed by atoms with Crippen molar-refractivity contribution in [2.75, 3.05) is 0 Å². The second-order valence-electron chi connectivity index (χ2n) is 23.4. The van der Waals surface area contributed by atoms with Gasteiger partial charge in [-0.05, 0) is 271 Å². The zero-order chi connectivity index (χ0) is 66.1. The SMILES string of the molecule is Brc1ccc(I)cc1.C#Cc1c(F)cc2c(c1F)CCC(CCC)C2.C#Cc1ccc(CC)cc1.CCCC1CCc2c(cc(F)c(C#Cc3ccc(Br)cc3)c2F)C1.CCCC1CCc2c(cc(F)c(C#Cc3ccc(C#Cc4ccc(CC)cc4)cc3)c2F)C1.[I-]. The second kappa shape index (κ2) is 38.8. The van der Waals surface area contributed by atoms with Crippen LogP contribution in [0.4, 0.5) is 26.3 Å². The van der Waals surface area contributed by atoms with Crippen molar-refractivity contribution in [3.63, 3.8) is 0 Å². The van der Waals surface area contributed by atoms with E-state index < -0.39 is 34.9 Å². The molecular formula is C83H77Br2F6I2-. The average Bonchev–Trinajstić information content (AvgIpc) is 0.827. The van der Waals surface area contributed by atoms with E-state index in [0.29, 0.717) is 59.3 Å². The fourth-order valence-electron chi connectivity index (χ4n) is 11.8. The molecule has 10 heteroatoms. The summed E-state index contributed by atoms with van der Waals surface area (Å²) in [4.78, 5) is 0. The van der Waals surface area contributed by atoms with Crippen molar-refractivity contribution in [3.05, 3.63) is 276 Å². The molecule has 3 aliphatic rings. The summed E-state index contributed by atoms with van der Waals surface area (Å²) in [5, 5.41) is 0. The van der Waals surface area contributed by atoms with Gasteiger partial charge in [0.05, 0.1) is 16.7 Å². The highest BCUT2D eigenvalue weighted by Gasteiger charge is 2.27. The van der Waals surface area contributed by atoms with Crippen LogP contribution in [0.25, 0.3) is 0 Å². The molecule has 0 aliphatic heterocycles. The largest absolute Gasteiger partial charge is 1.00 e. The topological polar surface area (TPSA) is 0 Å². The molecule has 0 saturated carbocycles. The molecule has 3 aliphatic carbocycles. The summed E-state index contributed by atoms with van der Waals surface area (Å²) in [5.74, 6) is 20.6. The summed E-state index contributed by atoms with van der Waals surface area (Å²) in [6, 6.07) is 43.7. The molecule has 11 rings (SSSR count). The maximum Gasteiger partial charge on any atom is 0.145 e. The molecule has 0 radical (unpaired) electrons. The van der Waals surface area contributed by atoms with Gasteiger partial charge in [-0.3, -0.25) is 0 Å². The Hall–Kier alpha value is -6.44. The van der Waals surface area contributed by atoms with Crippen molar-refractivity contribution in [2.24, 2.45) is 17.8 Å². The van der Waals surface area contributed by atoms with Crippen LogP contribution >= 0.6 is 54.5 Å². The number of hydrogen-bond donors (Lipinski definition) is 0. The first-order valence-corrected chi connectivity index (χ1v) is 34.6. The number of halogens is 10. The predicted octanol–water partition coefficient (Wildman–Crippen LogP) is 19.4. The molecule has 0 heterocycles. The molecule has 0 nitrogen and oxygen atoms in total. The first kappa shape index (κ1) is 75.6. The van der Waals surface area contributed by atoms with Crippen molar-refractivity contribution in [1.82, 2.24) is 0 Å². The lowest BCUT2D eigenvalue weighted by atomic mass is 9.81. The molecule has 93 heavy (non-hydrogen) atoms. The lowest BCUT2D eigenvalue weighted by Gasteiger charge is -2.25. The maximum absolute atomic E-state index is 15.0. The second-order valence-corrected chi connectivity index (χ2v) is 26.5. The smallest absolute Gasteiger partial charge is 0.145 e. The molecule has 0 fully saturated rings. The van der Waals surface area contributed by atoms with Gasteiger partial charge in [0.25, 0.3) is 0 Å². The van der Waals surface area contributed by atoms with E-state index in [2.05, 4.69) is 173 Å². The van der Waals surface area contributed by atoms with Gasteiger partial charge in [-0.1, -0.05) is 177 Å². The van der Waals surface area contributed by atoms with Crippen LogP contribution < -0.4 is 24.0 Å². The van der Waals surface area contributed by atoms with Gasteiger partial charge < -0.3 is 24.0 Å². The van der Waals surface area contributed by atoms with Crippen molar-refractivity contribution in [1.29, 1.82) is 0 Å². The zero-order valence-electron chi connectivity index (χ0n) is 53.5. The monoisotopic (exact) mass is 1600 g/mol. The van der Waals surface area contributed by atoms with E-state index in [4.69, 9.17) is 12.8 Å². The fraction of sp³-hybridized carbons (Fsp3) is 0.301. The van der Waals surface area contributed by atoms with E-state index in [1.807, 2.05) is 84.9 Å². The molecular weight excluding hydrogens is 1520 g/mol. The lowest BCUT2D eigenvalue weighted by Crippen LogP contribution is -3.00. The first-order valence-electron chi connectivity index (χ1n) is 31.9. The summed E-state index contributed by atoms with van der Waals surface area (Å²) in [6.07, 6.45) is 26.3. The van der Waals surface area contributed by atoms with Crippen LogP contribution in [0.2, 0.25) is 0 Å². The van der Waals surface area contributed by atoms with Gasteiger partial charge in [-0.15, -0.1) is 12.8 Å². The van der Waals surface area contributed by atoms with Gasteiger partial charge in [-0.25, -0.2) is 26.3 Å². The number of fused-ring (bicyclic) bond motifs is 3. The minimum absolute atomic E-state index is 0. The van der Waals surface area contributed by atoms with Crippen molar-refractivity contribution in [3.8, 4) is 60.2 Å². The number of hydrogen-bond acceptors (Lipinski definition) is 0. The first-order chi connectivity index (χ1) is 44.5. The molecule has 0 aromatic heterocycles. The van der Waals surface area contributed by atoms with E-state index in [1.165, 1.54) is 32.9 Å². The highest BCUT2D eigenvalue weighted by Crippen LogP contribution is 2.35. The number of benzene rings is 8. The van der Waals surface area contributed by atoms with E-state index in [-0.39, 0.29) is 40.7 Å². The summed E-state index contributed by atoms with van der Waals surface area (Å²) in [7, 11) is 0. The van der Waals surface area contributed by atoms with E-state index in [1.54, 1.807) is 0 Å². The zero-order valence-corrected chi connectivity index (χ0v) is 61.0. The molecule has 3 unspecified atom stereocenters. The molecule has 8 aromatic rings. The van der Waals surface area contributed by atoms with Crippen LogP contribution in [-0.2, 0) is 51.4 Å². The van der Waals surface area contributed by atoms with Crippen molar-refractivity contribution >= 4 is 54.5 Å². The standard InChI is InChI=1S/C31H28F2.C21H19BrF2.C15H16F2.C10H10.C6H4BrI.HI/c1-3-5-26-17-18-28-27(20-26)21-30(32)29(31(28)33)19-16-25-14-12-24(13-15-25)11-10-23-8-6-22(4-2)7-9-23;1-2-3-15-7-10-18-16(12-15)13-20(23)19(21(18)24)11-6-14-4-8-17(22)9-5-14;1-3-5-10-6-7-13-11(8-10)9-14(16)12(4-2)15(13)17;1-3-9-5-7-10(4-2)8-6-9;7-5-1-3-6(8)4-2-5;/h6-9,12-15,21,26H,3-5,17-18,20H2,1-2H3;4-5,8-9,13,15H,2-3,7,10,12H2,1H3;2,9-10H,3,5-8H2,1H3;1,5-8H,4H2,2H3;1-4H;1H/p-1. The van der Waals surface area contributed by atoms with Gasteiger partial charge in [0.1, 0.15) is 34.9 Å². The number of aryl methyl sites for hydroxylation is 2. The third kappa shape index (κ3) is 22.6. The summed E-state index contributed by atoms with van der Waals surface area (Å²) in [6.45, 7) is 10.7. The van der Waals surface area contributed by atoms with Gasteiger partial charge in [0.2, 0.25) is 0 Å². The van der Waals surface area contributed by atoms with Gasteiger partial charge in [0.15, 0.2) is 0 Å². The molecule has 0 saturated heterocycles. The third-order valence-corrected chi connectivity index (χ3v) is 18.6. The van der Waals surface area contributed by atoms with Gasteiger partial charge in [0, 0.05) is 40.3 Å². The number of terminal acetylenes is 2. The van der Waals surface area contributed by atoms with Crippen LogP contribution in [0.15, 0.2) is 148 Å². The van der Waals surface area contributed by atoms with Crippen LogP contribution in [0.5, 0.6) is 0 Å². The maximum atomic E-state index is 15.0. The van der Waals surface area contributed by atoms with E-state index in [9.17, 15) is 22.0 Å². The Labute approximate surface area is 597 Å². The third-order valence-electron chi connectivity index (χ3n) is 16.8. The predicted molar refractivity (Wildman–Crippen MR) is 383 cm³/mol.